The van der Waals surface area contributed by atoms with Crippen LogP contribution in [0.3, 0.4) is 0 Å². The summed E-state index contributed by atoms with van der Waals surface area (Å²) >= 11 is 3.36. The molecule has 3 aromatic rings. The van der Waals surface area contributed by atoms with E-state index in [1.54, 1.807) is 33.1 Å². The number of sulfonamides is 1. The Hall–Kier alpha value is -2.43. The smallest absolute Gasteiger partial charge is 0.323 e. The molecule has 0 radical (unpaired) electrons. The molecule has 0 spiro atoms. The summed E-state index contributed by atoms with van der Waals surface area (Å²) in [6.07, 6.45) is 3.14. The first kappa shape index (κ1) is 24.7. The van der Waals surface area contributed by atoms with Crippen molar-refractivity contribution in [2.75, 3.05) is 6.54 Å². The lowest BCUT2D eigenvalue weighted by Crippen LogP contribution is -2.44. The average molecular weight is 550 g/mol. The Balaban J connectivity index is 1.57. The van der Waals surface area contributed by atoms with Gasteiger partial charge in [-0.05, 0) is 97.4 Å². The second-order valence-corrected chi connectivity index (χ2v) is 11.6. The summed E-state index contributed by atoms with van der Waals surface area (Å²) in [5, 5.41) is 10.2. The van der Waals surface area contributed by atoms with Crippen molar-refractivity contribution in [2.45, 2.75) is 63.1 Å². The molecule has 1 N–H and O–H groups in total. The van der Waals surface area contributed by atoms with E-state index in [0.29, 0.717) is 35.4 Å². The zero-order valence-corrected chi connectivity index (χ0v) is 21.7. The highest BCUT2D eigenvalue weighted by Crippen LogP contribution is 2.38. The lowest BCUT2D eigenvalue weighted by atomic mass is 9.87. The molecular formula is C24H28BrN3O5S. The molecule has 1 aromatic carbocycles. The van der Waals surface area contributed by atoms with Gasteiger partial charge in [0.1, 0.15) is 22.5 Å². The molecule has 8 nitrogen and oxygen atoms in total. The molecule has 3 heterocycles. The Morgan fingerprint density at radius 3 is 2.56 bits per heavy atom. The molecule has 2 atom stereocenters. The third-order valence-corrected chi connectivity index (χ3v) is 8.55. The van der Waals surface area contributed by atoms with Crippen LogP contribution in [0.1, 0.15) is 45.1 Å². The number of aliphatic carboxylic acids is 1. The molecule has 0 saturated carbocycles. The number of hydrogen-bond donors (Lipinski definition) is 1. The maximum absolute atomic E-state index is 13.4. The number of carboxylic acid groups (broad SMARTS) is 1. The highest BCUT2D eigenvalue weighted by molar-refractivity contribution is 9.10. The summed E-state index contributed by atoms with van der Waals surface area (Å²) in [7, 11) is -3.64. The number of pyridine rings is 1. The minimum absolute atomic E-state index is 0.0132. The van der Waals surface area contributed by atoms with Crippen molar-refractivity contribution < 1.29 is 23.1 Å². The fourth-order valence-electron chi connectivity index (χ4n) is 4.65. The van der Waals surface area contributed by atoms with E-state index >= 15 is 0 Å². The topological polar surface area (TPSA) is 102 Å². The number of hydrogen-bond acceptors (Lipinski definition) is 5. The number of rotatable bonds is 7. The van der Waals surface area contributed by atoms with Crippen LogP contribution < -0.4 is 4.74 Å². The van der Waals surface area contributed by atoms with Crippen molar-refractivity contribution in [2.24, 2.45) is 0 Å². The number of aromatic nitrogens is 2. The van der Waals surface area contributed by atoms with Gasteiger partial charge in [-0.1, -0.05) is 0 Å². The Morgan fingerprint density at radius 2 is 1.94 bits per heavy atom. The number of halogens is 1. The molecule has 10 heteroatoms. The molecule has 2 aromatic heterocycles. The fraction of sp³-hybridized carbons (Fsp3) is 0.417. The van der Waals surface area contributed by atoms with Crippen LogP contribution in [0.4, 0.5) is 0 Å². The fourth-order valence-corrected chi connectivity index (χ4v) is 6.60. The molecule has 1 fully saturated rings. The van der Waals surface area contributed by atoms with Gasteiger partial charge in [-0.2, -0.15) is 4.31 Å². The molecule has 1 aliphatic heterocycles. The van der Waals surface area contributed by atoms with E-state index in [9.17, 15) is 18.3 Å². The highest BCUT2D eigenvalue weighted by atomic mass is 79.9. The van der Waals surface area contributed by atoms with Gasteiger partial charge in [0.05, 0.1) is 11.0 Å². The summed E-state index contributed by atoms with van der Waals surface area (Å²) in [6, 6.07) is 10.1. The summed E-state index contributed by atoms with van der Waals surface area (Å²) < 4.78 is 36.2. The summed E-state index contributed by atoms with van der Waals surface area (Å²) in [6.45, 7) is 5.97. The predicted octanol–water partition coefficient (Wildman–Crippen LogP) is 4.63. The van der Waals surface area contributed by atoms with E-state index in [1.807, 2.05) is 39.1 Å². The van der Waals surface area contributed by atoms with Gasteiger partial charge in [-0.15, -0.1) is 0 Å². The SMILES string of the molecule is CC(C)Oc1ccc(S(=O)(=O)N2CCC(c3cn(CC(=O)O)c4nc(Br)ccc34)CC2C)cc1. The number of carbonyl (C=O) groups is 1. The predicted molar refractivity (Wildman–Crippen MR) is 133 cm³/mol. The van der Waals surface area contributed by atoms with Crippen LogP contribution in [-0.4, -0.2) is 52.0 Å². The molecule has 1 aliphatic rings. The van der Waals surface area contributed by atoms with Crippen LogP contribution in [0.15, 0.2) is 52.1 Å². The van der Waals surface area contributed by atoms with E-state index < -0.39 is 16.0 Å². The van der Waals surface area contributed by atoms with Crippen molar-refractivity contribution in [3.8, 4) is 5.75 Å². The third-order valence-electron chi connectivity index (χ3n) is 6.08. The van der Waals surface area contributed by atoms with Gasteiger partial charge in [0.2, 0.25) is 10.0 Å². The van der Waals surface area contributed by atoms with E-state index in [1.165, 1.54) is 0 Å². The second-order valence-electron chi connectivity index (χ2n) is 8.94. The normalized spacial score (nSPS) is 19.6. The number of fused-ring (bicyclic) bond motifs is 1. The van der Waals surface area contributed by atoms with E-state index in [-0.39, 0.29) is 29.5 Å². The number of ether oxygens (including phenoxy) is 1. The Bertz CT molecular complexity index is 1300. The highest BCUT2D eigenvalue weighted by Gasteiger charge is 2.36. The van der Waals surface area contributed by atoms with Gasteiger partial charge in [0.25, 0.3) is 0 Å². The van der Waals surface area contributed by atoms with Crippen molar-refractivity contribution >= 4 is 43.0 Å². The molecule has 182 valence electrons. The van der Waals surface area contributed by atoms with E-state index in [0.717, 1.165) is 10.9 Å². The van der Waals surface area contributed by atoms with Crippen LogP contribution in [0, 0.1) is 0 Å². The van der Waals surface area contributed by atoms with Gasteiger partial charge < -0.3 is 14.4 Å². The largest absolute Gasteiger partial charge is 0.491 e. The van der Waals surface area contributed by atoms with Gasteiger partial charge >= 0.3 is 5.97 Å². The van der Waals surface area contributed by atoms with Gasteiger partial charge in [0, 0.05) is 24.2 Å². The second kappa shape index (κ2) is 9.67. The first-order valence-electron chi connectivity index (χ1n) is 11.2. The number of nitrogens with zero attached hydrogens (tertiary/aromatic N) is 3. The molecule has 0 amide bonds. The minimum atomic E-state index is -3.64. The molecular weight excluding hydrogens is 522 g/mol. The molecule has 4 rings (SSSR count). The zero-order valence-electron chi connectivity index (χ0n) is 19.3. The molecule has 1 saturated heterocycles. The maximum Gasteiger partial charge on any atom is 0.323 e. The van der Waals surface area contributed by atoms with Crippen molar-refractivity contribution in [3.63, 3.8) is 0 Å². The molecule has 2 unspecified atom stereocenters. The van der Waals surface area contributed by atoms with E-state index in [2.05, 4.69) is 20.9 Å². The summed E-state index contributed by atoms with van der Waals surface area (Å²) in [5.74, 6) is -0.202. The monoisotopic (exact) mass is 549 g/mol. The van der Waals surface area contributed by atoms with Crippen LogP contribution in [0.5, 0.6) is 5.75 Å². The van der Waals surface area contributed by atoms with Crippen LogP contribution >= 0.6 is 15.9 Å². The number of piperidine rings is 1. The lowest BCUT2D eigenvalue weighted by Gasteiger charge is -2.36. The van der Waals surface area contributed by atoms with Gasteiger partial charge in [-0.25, -0.2) is 13.4 Å². The summed E-state index contributed by atoms with van der Waals surface area (Å²) in [4.78, 5) is 16.1. The molecule has 0 bridgehead atoms. The number of carboxylic acids is 1. The average Bonchev–Trinajstić information content (AvgIpc) is 3.10. The molecule has 34 heavy (non-hydrogen) atoms. The van der Waals surface area contributed by atoms with Crippen molar-refractivity contribution in [1.29, 1.82) is 0 Å². The quantitative estimate of drug-likeness (QED) is 0.431. The maximum atomic E-state index is 13.4. The number of benzene rings is 1. The Morgan fingerprint density at radius 1 is 1.24 bits per heavy atom. The van der Waals surface area contributed by atoms with Gasteiger partial charge in [-0.3, -0.25) is 4.79 Å². The first-order valence-corrected chi connectivity index (χ1v) is 13.4. The zero-order chi connectivity index (χ0) is 24.6. The third kappa shape index (κ3) is 4.99. The van der Waals surface area contributed by atoms with Crippen molar-refractivity contribution in [3.05, 3.63) is 52.8 Å². The lowest BCUT2D eigenvalue weighted by molar-refractivity contribution is -0.137. The summed E-state index contributed by atoms with van der Waals surface area (Å²) in [5.41, 5.74) is 1.62. The van der Waals surface area contributed by atoms with Crippen LogP contribution in [0.2, 0.25) is 0 Å². The van der Waals surface area contributed by atoms with Gasteiger partial charge in [0.15, 0.2) is 0 Å². The Labute approximate surface area is 207 Å². The Kier molecular flexibility index (Phi) is 7.02. The first-order chi connectivity index (χ1) is 16.1. The molecule has 0 aliphatic carbocycles. The van der Waals surface area contributed by atoms with Crippen LogP contribution in [-0.2, 0) is 21.4 Å². The minimum Gasteiger partial charge on any atom is -0.491 e. The van der Waals surface area contributed by atoms with Crippen LogP contribution in [0.25, 0.3) is 11.0 Å². The van der Waals surface area contributed by atoms with Crippen molar-refractivity contribution in [1.82, 2.24) is 13.9 Å². The standard InChI is InChI=1S/C24H28BrN3O5S/c1-15(2)33-18-4-6-19(7-5-18)34(31,32)28-11-10-17(12-16(28)3)21-13-27(14-23(29)30)24-20(21)8-9-22(25)26-24/h4-9,13,15-17H,10-12,14H2,1-3H3,(H,29,30). The van der Waals surface area contributed by atoms with E-state index in [4.69, 9.17) is 4.74 Å².